The average Bonchev–Trinajstić information content (AvgIpc) is 2.35. The van der Waals surface area contributed by atoms with Crippen LogP contribution in [0, 0.1) is 21.2 Å². The number of ether oxygens (including phenoxy) is 1. The van der Waals surface area contributed by atoms with Crippen LogP contribution in [0.15, 0.2) is 18.2 Å². The fraction of sp³-hybridized carbons (Fsp3) is 0.364. The summed E-state index contributed by atoms with van der Waals surface area (Å²) in [5.41, 5.74) is -1.06. The molecule has 1 rings (SSSR count). The molecule has 0 radical (unpaired) electrons. The molecule has 0 amide bonds. The van der Waals surface area contributed by atoms with Crippen molar-refractivity contribution in [2.45, 2.75) is 13.8 Å². The average molecular weight is 269 g/mol. The minimum absolute atomic E-state index is 0.107. The number of non-ortho nitro benzene ring substituents is 1. The maximum atomic E-state index is 11.7. The maximum absolute atomic E-state index is 11.7. The van der Waals surface area contributed by atoms with Gasteiger partial charge in [0, 0.05) is 12.1 Å². The molecular formula is C11H13N2O6-. The van der Waals surface area contributed by atoms with Crippen molar-refractivity contribution in [2.24, 2.45) is 5.92 Å². The summed E-state index contributed by atoms with van der Waals surface area (Å²) in [6.45, 7) is 3.82. The zero-order valence-corrected chi connectivity index (χ0v) is 10.4. The van der Waals surface area contributed by atoms with Gasteiger partial charge in [0.15, 0.2) is 0 Å². The van der Waals surface area contributed by atoms with E-state index in [0.29, 0.717) is 0 Å². The molecule has 0 saturated heterocycles. The number of esters is 1. The SMILES string of the molecule is CC(C)COC(=O)c1cc(N([O-])O)cc([N+](=O)[O-])c1. The smallest absolute Gasteiger partial charge is 0.338 e. The van der Waals surface area contributed by atoms with E-state index in [1.54, 1.807) is 0 Å². The van der Waals surface area contributed by atoms with Gasteiger partial charge in [0.25, 0.3) is 5.69 Å². The molecule has 104 valence electrons. The van der Waals surface area contributed by atoms with E-state index in [2.05, 4.69) is 0 Å². The van der Waals surface area contributed by atoms with Gasteiger partial charge in [0.1, 0.15) is 0 Å². The molecule has 1 N–H and O–H groups in total. The lowest BCUT2D eigenvalue weighted by Crippen LogP contribution is -2.13. The van der Waals surface area contributed by atoms with Crippen LogP contribution in [0.4, 0.5) is 11.4 Å². The van der Waals surface area contributed by atoms with Gasteiger partial charge < -0.3 is 15.2 Å². The molecule has 0 aliphatic rings. The minimum atomic E-state index is -0.791. The summed E-state index contributed by atoms with van der Waals surface area (Å²) in [5.74, 6) is -0.684. The number of hydrogen-bond acceptors (Lipinski definition) is 7. The Bertz CT molecular complexity index is 486. The summed E-state index contributed by atoms with van der Waals surface area (Å²) in [6.07, 6.45) is 0. The van der Waals surface area contributed by atoms with Crippen LogP contribution in [0.5, 0.6) is 0 Å². The highest BCUT2D eigenvalue weighted by molar-refractivity contribution is 5.91. The number of carbonyl (C=O) groups excluding carboxylic acids is 1. The van der Waals surface area contributed by atoms with Crippen LogP contribution in [0.25, 0.3) is 0 Å². The van der Waals surface area contributed by atoms with Gasteiger partial charge in [-0.15, -0.1) is 0 Å². The van der Waals surface area contributed by atoms with Crippen molar-refractivity contribution >= 4 is 17.3 Å². The molecule has 0 saturated carbocycles. The molecule has 0 heterocycles. The van der Waals surface area contributed by atoms with Crippen LogP contribution >= 0.6 is 0 Å². The first kappa shape index (κ1) is 14.9. The minimum Gasteiger partial charge on any atom is -0.733 e. The Hall–Kier alpha value is -2.19. The molecule has 0 aliphatic heterocycles. The highest BCUT2D eigenvalue weighted by Crippen LogP contribution is 2.23. The first-order valence-electron chi connectivity index (χ1n) is 5.44. The second-order valence-electron chi connectivity index (χ2n) is 4.26. The summed E-state index contributed by atoms with van der Waals surface area (Å²) in [7, 11) is 0. The molecule has 0 spiro atoms. The van der Waals surface area contributed by atoms with Gasteiger partial charge in [-0.2, -0.15) is 0 Å². The number of hydrogen-bond donors (Lipinski definition) is 1. The standard InChI is InChI=1S/C11H13N2O6/c1-7(2)6-19-11(14)8-3-9(12(15)16)5-10(4-8)13(17)18/h3-5,7,15H,6H2,1-2H3/q-1. The Morgan fingerprint density at radius 2 is 2.11 bits per heavy atom. The third-order valence-corrected chi connectivity index (χ3v) is 2.12. The van der Waals surface area contributed by atoms with Crippen molar-refractivity contribution < 1.29 is 19.7 Å². The molecule has 0 atom stereocenters. The topological polar surface area (TPSA) is 116 Å². The van der Waals surface area contributed by atoms with Crippen molar-refractivity contribution in [2.75, 3.05) is 11.8 Å². The molecule has 8 heteroatoms. The van der Waals surface area contributed by atoms with E-state index < -0.39 is 27.5 Å². The van der Waals surface area contributed by atoms with Gasteiger partial charge in [0.2, 0.25) is 0 Å². The van der Waals surface area contributed by atoms with Crippen LogP contribution in [-0.4, -0.2) is 22.7 Å². The van der Waals surface area contributed by atoms with Crippen molar-refractivity contribution in [3.05, 3.63) is 39.1 Å². The van der Waals surface area contributed by atoms with Crippen molar-refractivity contribution in [1.82, 2.24) is 0 Å². The lowest BCUT2D eigenvalue weighted by molar-refractivity contribution is -0.384. The van der Waals surface area contributed by atoms with Crippen LogP contribution in [0.3, 0.4) is 0 Å². The number of benzene rings is 1. The summed E-state index contributed by atoms with van der Waals surface area (Å²) in [5, 5.41) is 29.6. The van der Waals surface area contributed by atoms with E-state index in [1.165, 1.54) is 0 Å². The predicted molar refractivity (Wildman–Crippen MR) is 65.8 cm³/mol. The molecule has 0 aromatic heterocycles. The van der Waals surface area contributed by atoms with Gasteiger partial charge in [0.05, 0.1) is 22.8 Å². The number of carbonyl (C=O) groups is 1. The Balaban J connectivity index is 3.05. The fourth-order valence-corrected chi connectivity index (χ4v) is 1.25. The highest BCUT2D eigenvalue weighted by atomic mass is 16.8. The summed E-state index contributed by atoms with van der Waals surface area (Å²) in [6, 6.07) is 2.85. The fourth-order valence-electron chi connectivity index (χ4n) is 1.25. The molecule has 0 bridgehead atoms. The van der Waals surface area contributed by atoms with Gasteiger partial charge in [-0.3, -0.25) is 15.3 Å². The Morgan fingerprint density at radius 3 is 2.58 bits per heavy atom. The Labute approximate surface area is 108 Å². The maximum Gasteiger partial charge on any atom is 0.338 e. The predicted octanol–water partition coefficient (Wildman–Crippen LogP) is 2.10. The van der Waals surface area contributed by atoms with Crippen molar-refractivity contribution in [3.8, 4) is 0 Å². The molecule has 0 fully saturated rings. The number of rotatable bonds is 5. The molecule has 19 heavy (non-hydrogen) atoms. The van der Waals surface area contributed by atoms with Gasteiger partial charge in [-0.1, -0.05) is 13.8 Å². The Kier molecular flexibility index (Phi) is 4.79. The third kappa shape index (κ3) is 4.19. The first-order valence-corrected chi connectivity index (χ1v) is 5.44. The van der Waals surface area contributed by atoms with Crippen molar-refractivity contribution in [3.63, 3.8) is 0 Å². The third-order valence-electron chi connectivity index (χ3n) is 2.12. The van der Waals surface area contributed by atoms with E-state index >= 15 is 0 Å². The van der Waals surface area contributed by atoms with Gasteiger partial charge in [-0.05, 0) is 12.0 Å². The second-order valence-corrected chi connectivity index (χ2v) is 4.26. The summed E-state index contributed by atoms with van der Waals surface area (Å²) in [4.78, 5) is 21.5. The molecule has 0 aliphatic carbocycles. The summed E-state index contributed by atoms with van der Waals surface area (Å²) >= 11 is 0. The zero-order valence-electron chi connectivity index (χ0n) is 10.4. The zero-order chi connectivity index (χ0) is 14.6. The molecule has 1 aromatic rings. The highest BCUT2D eigenvalue weighted by Gasteiger charge is 2.16. The van der Waals surface area contributed by atoms with E-state index in [0.717, 1.165) is 18.2 Å². The largest absolute Gasteiger partial charge is 0.733 e. The Morgan fingerprint density at radius 1 is 1.47 bits per heavy atom. The lowest BCUT2D eigenvalue weighted by Gasteiger charge is -2.21. The molecule has 1 aromatic carbocycles. The van der Waals surface area contributed by atoms with Crippen LogP contribution in [0.1, 0.15) is 24.2 Å². The number of nitrogens with zero attached hydrogens (tertiary/aromatic N) is 2. The molecular weight excluding hydrogens is 256 g/mol. The summed E-state index contributed by atoms with van der Waals surface area (Å²) < 4.78 is 4.90. The van der Waals surface area contributed by atoms with Gasteiger partial charge >= 0.3 is 5.97 Å². The van der Waals surface area contributed by atoms with E-state index in [4.69, 9.17) is 9.94 Å². The molecule has 8 nitrogen and oxygen atoms in total. The second kappa shape index (κ2) is 6.12. The van der Waals surface area contributed by atoms with Gasteiger partial charge in [-0.25, -0.2) is 4.79 Å². The van der Waals surface area contributed by atoms with E-state index in [1.807, 2.05) is 13.8 Å². The first-order chi connectivity index (χ1) is 8.81. The molecule has 0 unspecified atom stereocenters. The quantitative estimate of drug-likeness (QED) is 0.494. The normalized spacial score (nSPS) is 10.4. The lowest BCUT2D eigenvalue weighted by atomic mass is 10.1. The number of nitro groups is 1. The number of anilines is 1. The number of nitro benzene ring substituents is 1. The van der Waals surface area contributed by atoms with Crippen molar-refractivity contribution in [1.29, 1.82) is 0 Å². The van der Waals surface area contributed by atoms with E-state index in [-0.39, 0.29) is 18.1 Å². The van der Waals surface area contributed by atoms with Crippen LogP contribution in [-0.2, 0) is 4.74 Å². The monoisotopic (exact) mass is 269 g/mol. The van der Waals surface area contributed by atoms with E-state index in [9.17, 15) is 20.1 Å². The van der Waals surface area contributed by atoms with Crippen LogP contribution < -0.4 is 5.23 Å². The van der Waals surface area contributed by atoms with Crippen LogP contribution in [0.2, 0.25) is 0 Å².